The molecule has 0 aliphatic carbocycles. The zero-order valence-electron chi connectivity index (χ0n) is 25.6. The molecule has 2 heterocycles. The van der Waals surface area contributed by atoms with Gasteiger partial charge in [-0.15, -0.1) is 0 Å². The van der Waals surface area contributed by atoms with Crippen molar-refractivity contribution in [2.45, 2.75) is 37.8 Å². The van der Waals surface area contributed by atoms with Crippen molar-refractivity contribution in [3.8, 4) is 5.75 Å². The quantitative estimate of drug-likeness (QED) is 0.123. The van der Waals surface area contributed by atoms with E-state index in [1.165, 1.54) is 30.2 Å². The number of aromatic hydroxyl groups is 1. The summed E-state index contributed by atoms with van der Waals surface area (Å²) >= 11 is 3.25. The highest BCUT2D eigenvalue weighted by atomic mass is 79.9. The van der Waals surface area contributed by atoms with Crippen LogP contribution in [0.1, 0.15) is 24.0 Å². The maximum absolute atomic E-state index is 13.2. The van der Waals surface area contributed by atoms with Crippen molar-refractivity contribution in [2.24, 2.45) is 9.98 Å². The van der Waals surface area contributed by atoms with Gasteiger partial charge in [-0.25, -0.2) is 19.6 Å². The van der Waals surface area contributed by atoms with Crippen molar-refractivity contribution in [3.63, 3.8) is 0 Å². The van der Waals surface area contributed by atoms with E-state index in [9.17, 15) is 24.3 Å². The Balaban J connectivity index is 1.39. The lowest BCUT2D eigenvalue weighted by molar-refractivity contribution is -0.157. The van der Waals surface area contributed by atoms with E-state index in [0.29, 0.717) is 47.6 Å². The monoisotopic (exact) mass is 704 g/mol. The smallest absolute Gasteiger partial charge is 0.410 e. The van der Waals surface area contributed by atoms with Crippen LogP contribution in [0.4, 0.5) is 15.3 Å². The number of aliphatic imine (C=N–C) groups is 2. The number of hydroxylamine groups is 2. The fourth-order valence-electron chi connectivity index (χ4n) is 4.94. The molecule has 2 aliphatic rings. The van der Waals surface area contributed by atoms with Crippen molar-refractivity contribution >= 4 is 57.3 Å². The van der Waals surface area contributed by atoms with E-state index < -0.39 is 24.0 Å². The first kappa shape index (κ1) is 34.7. The van der Waals surface area contributed by atoms with E-state index in [1.54, 1.807) is 12.1 Å². The van der Waals surface area contributed by atoms with E-state index >= 15 is 0 Å². The summed E-state index contributed by atoms with van der Waals surface area (Å²) in [6, 6.07) is 12.2. The second-order valence-corrected chi connectivity index (χ2v) is 11.5. The van der Waals surface area contributed by atoms with Gasteiger partial charge in [0.1, 0.15) is 12.3 Å². The van der Waals surface area contributed by atoms with Crippen LogP contribution in [0, 0.1) is 0 Å². The zero-order chi connectivity index (χ0) is 33.8. The fraction of sp³-hybridized carbons (Fsp3) is 0.333. The Morgan fingerprint density at radius 3 is 2.57 bits per heavy atom. The number of hydrogen-bond acceptors (Lipinski definition) is 8. The van der Waals surface area contributed by atoms with Gasteiger partial charge in [-0.3, -0.25) is 14.8 Å². The average molecular weight is 706 g/mol. The van der Waals surface area contributed by atoms with Crippen molar-refractivity contribution < 1.29 is 34.2 Å². The molecule has 2 aliphatic heterocycles. The molecule has 0 radical (unpaired) electrons. The van der Waals surface area contributed by atoms with Gasteiger partial charge >= 0.3 is 12.1 Å². The summed E-state index contributed by atoms with van der Waals surface area (Å²) in [6.45, 7) is 0.946. The number of hydrogen-bond donors (Lipinski definition) is 3. The van der Waals surface area contributed by atoms with E-state index in [1.807, 2.05) is 29.2 Å². The van der Waals surface area contributed by atoms with Crippen molar-refractivity contribution in [2.75, 3.05) is 38.5 Å². The first-order valence-electron chi connectivity index (χ1n) is 14.7. The molecule has 47 heavy (non-hydrogen) atoms. The molecule has 2 aromatic carbocycles. The minimum absolute atomic E-state index is 0.00975. The van der Waals surface area contributed by atoms with Gasteiger partial charge in [0.2, 0.25) is 0 Å². The second-order valence-electron chi connectivity index (χ2n) is 10.6. The summed E-state index contributed by atoms with van der Waals surface area (Å²) in [7, 11) is 1.18. The Morgan fingerprint density at radius 1 is 1.13 bits per heavy atom. The minimum atomic E-state index is -1.29. The van der Waals surface area contributed by atoms with Crippen LogP contribution in [0.5, 0.6) is 5.75 Å². The number of rotatable bonds is 8. The number of likely N-dealkylation sites (tertiary alicyclic amines) is 1. The summed E-state index contributed by atoms with van der Waals surface area (Å²) in [5.41, 5.74) is 7.56. The number of halogens is 1. The van der Waals surface area contributed by atoms with Gasteiger partial charge in [-0.05, 0) is 88.1 Å². The number of piperidine rings is 1. The van der Waals surface area contributed by atoms with Crippen molar-refractivity contribution in [1.82, 2.24) is 14.9 Å². The van der Waals surface area contributed by atoms with Crippen molar-refractivity contribution in [3.05, 3.63) is 81.7 Å². The van der Waals surface area contributed by atoms with Crippen LogP contribution in [-0.2, 0) is 27.2 Å². The zero-order valence-corrected chi connectivity index (χ0v) is 27.1. The van der Waals surface area contributed by atoms with Gasteiger partial charge < -0.3 is 25.0 Å². The number of carbonyl (C=O) groups is 4. The Morgan fingerprint density at radius 2 is 1.85 bits per heavy atom. The van der Waals surface area contributed by atoms with E-state index in [2.05, 4.69) is 54.4 Å². The second kappa shape index (κ2) is 16.9. The number of allylic oxidation sites excluding steroid dienone is 2. The number of carbonyl (C=O) groups excluding carboxylic acids is 4. The van der Waals surface area contributed by atoms with Crippen LogP contribution in [0.15, 0.2) is 80.5 Å². The Kier molecular flexibility index (Phi) is 12.5. The largest absolute Gasteiger partial charge is 0.507 e. The number of phenolic OH excluding ortho intramolecular Hbond substituents is 1. The number of ether oxygens (including phenoxy) is 1. The number of urea groups is 1. The third-order valence-electron chi connectivity index (χ3n) is 7.46. The normalized spacial score (nSPS) is 14.7. The van der Waals surface area contributed by atoms with Crippen LogP contribution >= 0.6 is 15.9 Å². The number of nitrogens with zero attached hydrogens (tertiary/aromatic N) is 5. The Labute approximate surface area is 279 Å². The Hall–Kier alpha value is -5.18. The molecule has 2 aromatic rings. The highest BCUT2D eigenvalue weighted by Crippen LogP contribution is 2.27. The molecule has 1 saturated heterocycles. The van der Waals surface area contributed by atoms with E-state index in [-0.39, 0.29) is 30.8 Å². The lowest BCUT2D eigenvalue weighted by Crippen LogP contribution is -2.50. The molecule has 0 saturated carbocycles. The standard InChI is InChI=1S/C33H33BrN6O7/c1-38(46)30(42)22-35-15-6-2-3-7-16-36-31(43)29(21-23-10-11-28(41)26(34)20-23)47-33(45)39-17-13-25(14-18-39)40-19-12-24-8-4-5-9-27(24)37-32(40)44/h2-5,8-11,20,25,29,41,46H,12-14,17-19,21-22H2,1H3,(H,37,44)/t29-/m1/s1. The number of likely N-dealkylation sites (N-methyl/N-ethyl adjacent to an activating group) is 1. The molecule has 0 unspecified atom stereocenters. The van der Waals surface area contributed by atoms with Gasteiger partial charge in [0.15, 0.2) is 6.10 Å². The molecule has 0 aromatic heterocycles. The summed E-state index contributed by atoms with van der Waals surface area (Å²) in [5, 5.41) is 22.2. The molecule has 13 nitrogen and oxygen atoms in total. The molecular formula is C33H33BrN6O7. The number of anilines is 1. The highest BCUT2D eigenvalue weighted by molar-refractivity contribution is 9.10. The number of nitrogens with one attached hydrogen (secondary N) is 1. The molecule has 4 rings (SSSR count). The van der Waals surface area contributed by atoms with E-state index in [0.717, 1.165) is 17.7 Å². The van der Waals surface area contributed by atoms with Gasteiger partial charge in [0, 0.05) is 56.6 Å². The van der Waals surface area contributed by atoms with Gasteiger partial charge in [0.05, 0.1) is 4.47 Å². The molecule has 1 fully saturated rings. The SMILES string of the molecule is CN(O)C(=O)CN=C=C=CC=C=C=NC(=O)[C@@H](Cc1ccc(O)c(Br)c1)OC(=O)N1CCC(N2CCc3ccccc3NC2=O)CC1. The lowest BCUT2D eigenvalue weighted by atomic mass is 10.0. The maximum Gasteiger partial charge on any atom is 0.410 e. The third kappa shape index (κ3) is 10.2. The van der Waals surface area contributed by atoms with Crippen LogP contribution in [-0.4, -0.2) is 106 Å². The minimum Gasteiger partial charge on any atom is -0.507 e. The number of phenols is 1. The molecule has 0 bridgehead atoms. The summed E-state index contributed by atoms with van der Waals surface area (Å²) in [6.07, 6.45) is 2.52. The molecule has 1 atom stereocenters. The first-order valence-corrected chi connectivity index (χ1v) is 15.5. The molecule has 3 N–H and O–H groups in total. The van der Waals surface area contributed by atoms with Crippen LogP contribution in [0.3, 0.4) is 0 Å². The fourth-order valence-corrected chi connectivity index (χ4v) is 5.36. The van der Waals surface area contributed by atoms with Crippen LogP contribution < -0.4 is 5.32 Å². The molecule has 0 spiro atoms. The van der Waals surface area contributed by atoms with E-state index in [4.69, 9.17) is 9.94 Å². The highest BCUT2D eigenvalue weighted by Gasteiger charge is 2.33. The average Bonchev–Trinajstić information content (AvgIpc) is 3.23. The number of benzene rings is 2. The summed E-state index contributed by atoms with van der Waals surface area (Å²) in [5.74, 6) is 3.35. The topological polar surface area (TPSA) is 164 Å². The first-order chi connectivity index (χ1) is 22.6. The predicted molar refractivity (Wildman–Crippen MR) is 176 cm³/mol. The lowest BCUT2D eigenvalue weighted by Gasteiger charge is -2.37. The number of para-hydroxylation sites is 1. The van der Waals surface area contributed by atoms with Crippen molar-refractivity contribution in [1.29, 1.82) is 0 Å². The molecule has 14 heteroatoms. The number of fused-ring (bicyclic) bond motifs is 1. The molecule has 5 amide bonds. The van der Waals surface area contributed by atoms with Gasteiger partial charge in [0.25, 0.3) is 11.8 Å². The third-order valence-corrected chi connectivity index (χ3v) is 8.09. The summed E-state index contributed by atoms with van der Waals surface area (Å²) in [4.78, 5) is 61.1. The van der Waals surface area contributed by atoms with Crippen LogP contribution in [0.25, 0.3) is 0 Å². The molecular weight excluding hydrogens is 672 g/mol. The van der Waals surface area contributed by atoms with Gasteiger partial charge in [-0.1, -0.05) is 24.3 Å². The predicted octanol–water partition coefficient (Wildman–Crippen LogP) is 3.89. The maximum atomic E-state index is 13.2. The number of amides is 5. The summed E-state index contributed by atoms with van der Waals surface area (Å²) < 4.78 is 6.07. The Bertz CT molecular complexity index is 1710. The van der Waals surface area contributed by atoms with Gasteiger partial charge in [-0.2, -0.15) is 4.99 Å². The van der Waals surface area contributed by atoms with Crippen LogP contribution in [0.2, 0.25) is 0 Å². The molecule has 244 valence electrons.